The third-order valence-electron chi connectivity index (χ3n) is 9.60. The fourth-order valence-electron chi connectivity index (χ4n) is 7.98. The van der Waals surface area contributed by atoms with Crippen molar-refractivity contribution >= 4 is 17.5 Å². The largest absolute Gasteiger partial charge is 0.338 e. The molecule has 3 saturated carbocycles. The molecule has 31 heavy (non-hydrogen) atoms. The van der Waals surface area contributed by atoms with Gasteiger partial charge in [-0.05, 0) is 73.7 Å². The van der Waals surface area contributed by atoms with Gasteiger partial charge in [0.25, 0.3) is 0 Å². The van der Waals surface area contributed by atoms with E-state index in [0.29, 0.717) is 41.8 Å². The van der Waals surface area contributed by atoms with E-state index < -0.39 is 0 Å². The lowest BCUT2D eigenvalue weighted by Gasteiger charge is -2.60. The van der Waals surface area contributed by atoms with Gasteiger partial charge in [-0.2, -0.15) is 0 Å². The molecular weight excluding hydrogens is 388 g/mol. The van der Waals surface area contributed by atoms with Gasteiger partial charge in [-0.1, -0.05) is 19.9 Å². The molecule has 3 fully saturated rings. The summed E-state index contributed by atoms with van der Waals surface area (Å²) < 4.78 is 0. The first kappa shape index (κ1) is 20.7. The fourth-order valence-corrected chi connectivity index (χ4v) is 7.98. The van der Waals surface area contributed by atoms with Crippen LogP contribution in [0.5, 0.6) is 0 Å². The van der Waals surface area contributed by atoms with Crippen molar-refractivity contribution in [2.75, 3.05) is 12.4 Å². The second kappa shape index (κ2) is 7.42. The summed E-state index contributed by atoms with van der Waals surface area (Å²) in [5, 5.41) is 2.98. The van der Waals surface area contributed by atoms with Gasteiger partial charge in [-0.25, -0.2) is 9.97 Å². The maximum Gasteiger partial charge on any atom is 0.246 e. The number of amides is 2. The molecule has 0 bridgehead atoms. The number of anilines is 1. The summed E-state index contributed by atoms with van der Waals surface area (Å²) in [5.41, 5.74) is 0.981. The molecule has 1 aromatic heterocycles. The Morgan fingerprint density at radius 3 is 2.68 bits per heavy atom. The standard InChI is InChI=1S/C25H34N4O2/c1-24-10-8-20-18(5-7-21-25(20,2)11-9-23(31)29(21)3)19(24)6-4-16(24)12-22(30)28-17-13-26-15-27-14-17/h9,11,13-16,18-21H,4-8,10,12H2,1-3H3,(H,28,30)/t16-,18?,19?,20?,21?,24-,25-/m1/s1. The van der Waals surface area contributed by atoms with Gasteiger partial charge in [0.15, 0.2) is 0 Å². The Morgan fingerprint density at radius 2 is 1.90 bits per heavy atom. The zero-order valence-electron chi connectivity index (χ0n) is 18.9. The predicted octanol–water partition coefficient (Wildman–Crippen LogP) is 4.06. The van der Waals surface area contributed by atoms with Gasteiger partial charge in [0.2, 0.25) is 11.8 Å². The van der Waals surface area contributed by atoms with Crippen molar-refractivity contribution < 1.29 is 9.59 Å². The molecular formula is C25H34N4O2. The van der Waals surface area contributed by atoms with Crippen LogP contribution in [-0.4, -0.2) is 39.8 Å². The average molecular weight is 423 g/mol. The second-order valence-electron chi connectivity index (χ2n) is 10.8. The monoisotopic (exact) mass is 422 g/mol. The van der Waals surface area contributed by atoms with Crippen LogP contribution in [0.4, 0.5) is 5.69 Å². The molecule has 6 nitrogen and oxygen atoms in total. The summed E-state index contributed by atoms with van der Waals surface area (Å²) in [5.74, 6) is 2.66. The van der Waals surface area contributed by atoms with Crippen LogP contribution >= 0.6 is 0 Å². The Labute approximate surface area is 184 Å². The summed E-state index contributed by atoms with van der Waals surface area (Å²) in [4.78, 5) is 35.0. The molecule has 1 aromatic rings. The van der Waals surface area contributed by atoms with Gasteiger partial charge in [-0.15, -0.1) is 0 Å². The van der Waals surface area contributed by atoms with Gasteiger partial charge in [0, 0.05) is 24.9 Å². The Morgan fingerprint density at radius 1 is 1.13 bits per heavy atom. The van der Waals surface area contributed by atoms with Crippen LogP contribution in [0.3, 0.4) is 0 Å². The molecule has 3 aliphatic carbocycles. The van der Waals surface area contributed by atoms with Crippen LogP contribution in [0.15, 0.2) is 30.9 Å². The third-order valence-corrected chi connectivity index (χ3v) is 9.60. The van der Waals surface area contributed by atoms with E-state index in [2.05, 4.69) is 35.2 Å². The maximum atomic E-state index is 12.8. The van der Waals surface area contributed by atoms with Gasteiger partial charge < -0.3 is 10.2 Å². The number of nitrogens with zero attached hydrogens (tertiary/aromatic N) is 3. The van der Waals surface area contributed by atoms with Gasteiger partial charge >= 0.3 is 0 Å². The fraction of sp³-hybridized carbons (Fsp3) is 0.680. The molecule has 2 amide bonds. The van der Waals surface area contributed by atoms with E-state index >= 15 is 0 Å². The van der Waals surface area contributed by atoms with Gasteiger partial charge in [0.05, 0.1) is 18.1 Å². The van der Waals surface area contributed by atoms with Crippen LogP contribution in [0, 0.1) is 34.5 Å². The highest BCUT2D eigenvalue weighted by Gasteiger charge is 2.60. The summed E-state index contributed by atoms with van der Waals surface area (Å²) in [6.07, 6.45) is 16.4. The molecule has 4 unspecified atom stereocenters. The van der Waals surface area contributed by atoms with E-state index in [1.54, 1.807) is 12.4 Å². The first-order valence-corrected chi connectivity index (χ1v) is 11.8. The van der Waals surface area contributed by atoms with Crippen LogP contribution < -0.4 is 5.32 Å². The van der Waals surface area contributed by atoms with Gasteiger partial charge in [0.1, 0.15) is 6.33 Å². The quantitative estimate of drug-likeness (QED) is 0.797. The summed E-state index contributed by atoms with van der Waals surface area (Å²) >= 11 is 0. The van der Waals surface area contributed by atoms with Crippen molar-refractivity contribution in [2.24, 2.45) is 34.5 Å². The minimum atomic E-state index is 0.0785. The van der Waals surface area contributed by atoms with Crippen LogP contribution in [0.25, 0.3) is 0 Å². The van der Waals surface area contributed by atoms with E-state index in [0.717, 1.165) is 12.8 Å². The number of nitrogens with one attached hydrogen (secondary N) is 1. The van der Waals surface area contributed by atoms with Crippen molar-refractivity contribution in [3.8, 4) is 0 Å². The summed E-state index contributed by atoms with van der Waals surface area (Å²) in [7, 11) is 1.98. The molecule has 7 atom stereocenters. The molecule has 6 heteroatoms. The normalized spacial score (nSPS) is 41.3. The van der Waals surface area contributed by atoms with Crippen LogP contribution in [-0.2, 0) is 9.59 Å². The number of carbonyl (C=O) groups excluding carboxylic acids is 2. The number of carbonyl (C=O) groups is 2. The first-order valence-electron chi connectivity index (χ1n) is 11.8. The second-order valence-corrected chi connectivity index (χ2v) is 10.8. The number of hydrogen-bond donors (Lipinski definition) is 1. The lowest BCUT2D eigenvalue weighted by Crippen LogP contribution is -2.59. The molecule has 0 saturated heterocycles. The zero-order valence-corrected chi connectivity index (χ0v) is 18.9. The summed E-state index contributed by atoms with van der Waals surface area (Å²) in [6, 6.07) is 0.326. The first-order chi connectivity index (χ1) is 14.8. The number of aromatic nitrogens is 2. The average Bonchev–Trinajstić information content (AvgIpc) is 3.08. The smallest absolute Gasteiger partial charge is 0.246 e. The number of likely N-dealkylation sites (N-methyl/N-ethyl adjacent to an activating group) is 1. The van der Waals surface area contributed by atoms with E-state index in [-0.39, 0.29) is 22.6 Å². The molecule has 1 N–H and O–H groups in total. The van der Waals surface area contributed by atoms with Crippen molar-refractivity contribution in [1.29, 1.82) is 0 Å². The van der Waals surface area contributed by atoms with Crippen molar-refractivity contribution in [3.05, 3.63) is 30.9 Å². The molecule has 0 spiro atoms. The molecule has 5 rings (SSSR count). The Balaban J connectivity index is 1.32. The third kappa shape index (κ3) is 3.21. The lowest BCUT2D eigenvalue weighted by atomic mass is 9.47. The van der Waals surface area contributed by atoms with E-state index in [1.807, 2.05) is 18.0 Å². The van der Waals surface area contributed by atoms with Gasteiger partial charge in [-0.3, -0.25) is 9.59 Å². The van der Waals surface area contributed by atoms with Crippen molar-refractivity contribution in [3.63, 3.8) is 0 Å². The van der Waals surface area contributed by atoms with E-state index in [1.165, 1.54) is 32.0 Å². The Kier molecular flexibility index (Phi) is 4.94. The van der Waals surface area contributed by atoms with E-state index in [9.17, 15) is 9.59 Å². The highest BCUT2D eigenvalue weighted by atomic mass is 16.2. The van der Waals surface area contributed by atoms with Crippen molar-refractivity contribution in [2.45, 2.75) is 64.8 Å². The Hall–Kier alpha value is -2.24. The minimum absolute atomic E-state index is 0.0785. The minimum Gasteiger partial charge on any atom is -0.338 e. The molecule has 2 heterocycles. The molecule has 1 aliphatic heterocycles. The zero-order chi connectivity index (χ0) is 21.8. The molecule has 4 aliphatic rings. The predicted molar refractivity (Wildman–Crippen MR) is 119 cm³/mol. The highest BCUT2D eigenvalue weighted by Crippen LogP contribution is 2.65. The van der Waals surface area contributed by atoms with Crippen LogP contribution in [0.1, 0.15) is 58.8 Å². The summed E-state index contributed by atoms with van der Waals surface area (Å²) in [6.45, 7) is 4.84. The number of hydrogen-bond acceptors (Lipinski definition) is 4. The Bertz CT molecular complexity index is 902. The molecule has 166 valence electrons. The molecule has 0 aromatic carbocycles. The number of fused-ring (bicyclic) bond motifs is 5. The lowest BCUT2D eigenvalue weighted by molar-refractivity contribution is -0.139. The highest BCUT2D eigenvalue weighted by molar-refractivity contribution is 5.90. The van der Waals surface area contributed by atoms with Crippen LogP contribution in [0.2, 0.25) is 0 Å². The van der Waals surface area contributed by atoms with Crippen molar-refractivity contribution in [1.82, 2.24) is 14.9 Å². The number of rotatable bonds is 3. The molecule has 0 radical (unpaired) electrons. The maximum absolute atomic E-state index is 12.8. The van der Waals surface area contributed by atoms with E-state index in [4.69, 9.17) is 0 Å². The SMILES string of the molecule is CN1C(=O)C=C[C@]2(C)C3CC[C@@]4(C)C(CC[C@@H]4CC(=O)Nc4cncnc4)C3CCC12. The topological polar surface area (TPSA) is 75.2 Å².